The van der Waals surface area contributed by atoms with Gasteiger partial charge in [0.1, 0.15) is 0 Å². The van der Waals surface area contributed by atoms with Crippen molar-refractivity contribution in [2.24, 2.45) is 0 Å². The van der Waals surface area contributed by atoms with E-state index in [4.69, 9.17) is 0 Å². The summed E-state index contributed by atoms with van der Waals surface area (Å²) in [5, 5.41) is 4.07. The Balaban J connectivity index is 1.88. The Labute approximate surface area is 109 Å². The van der Waals surface area contributed by atoms with E-state index in [1.807, 2.05) is 30.3 Å². The highest BCUT2D eigenvalue weighted by atomic mass is 19.4. The second kappa shape index (κ2) is 6.02. The molecule has 5 heteroatoms. The van der Waals surface area contributed by atoms with Crippen LogP contribution in [0, 0.1) is 0 Å². The number of aromatic nitrogens is 1. The van der Waals surface area contributed by atoms with Crippen LogP contribution in [0.15, 0.2) is 36.5 Å². The predicted molar refractivity (Wildman–Crippen MR) is 68.7 cm³/mol. The zero-order chi connectivity index (χ0) is 13.7. The zero-order valence-electron chi connectivity index (χ0n) is 10.4. The third-order valence-corrected chi connectivity index (χ3v) is 2.85. The molecule has 2 rings (SSSR count). The molecule has 0 amide bonds. The molecule has 0 unspecified atom stereocenters. The van der Waals surface area contributed by atoms with Gasteiger partial charge >= 0.3 is 6.18 Å². The number of rotatable bonds is 5. The Kier molecular flexibility index (Phi) is 4.37. The SMILES string of the molecule is FC(F)(F)CCCNCc1cccc2cccnc12. The summed E-state index contributed by atoms with van der Waals surface area (Å²) in [6.07, 6.45) is -2.99. The van der Waals surface area contributed by atoms with E-state index in [0.717, 1.165) is 16.5 Å². The monoisotopic (exact) mass is 268 g/mol. The Hall–Kier alpha value is -1.62. The molecule has 0 aliphatic rings. The maximum absolute atomic E-state index is 12.0. The molecule has 0 fully saturated rings. The van der Waals surface area contributed by atoms with Crippen LogP contribution in [0.4, 0.5) is 13.2 Å². The first kappa shape index (κ1) is 13.8. The molecule has 1 N–H and O–H groups in total. The molecule has 0 atom stereocenters. The second-order valence-corrected chi connectivity index (χ2v) is 4.39. The Morgan fingerprint density at radius 3 is 2.68 bits per heavy atom. The number of pyridine rings is 1. The molecule has 0 aliphatic carbocycles. The van der Waals surface area contributed by atoms with Crippen molar-refractivity contribution in [3.8, 4) is 0 Å². The number of nitrogens with zero attached hydrogens (tertiary/aromatic N) is 1. The first-order valence-corrected chi connectivity index (χ1v) is 6.16. The summed E-state index contributed by atoms with van der Waals surface area (Å²) in [6.45, 7) is 0.884. The Bertz CT molecular complexity index is 532. The van der Waals surface area contributed by atoms with Crippen molar-refractivity contribution in [2.45, 2.75) is 25.6 Å². The molecule has 19 heavy (non-hydrogen) atoms. The van der Waals surface area contributed by atoms with Gasteiger partial charge < -0.3 is 5.32 Å². The van der Waals surface area contributed by atoms with Gasteiger partial charge in [-0.1, -0.05) is 24.3 Å². The van der Waals surface area contributed by atoms with Gasteiger partial charge in [0, 0.05) is 24.5 Å². The van der Waals surface area contributed by atoms with E-state index < -0.39 is 12.6 Å². The number of nitrogens with one attached hydrogen (secondary N) is 1. The van der Waals surface area contributed by atoms with Gasteiger partial charge in [-0.05, 0) is 24.6 Å². The fraction of sp³-hybridized carbons (Fsp3) is 0.357. The molecular weight excluding hydrogens is 253 g/mol. The van der Waals surface area contributed by atoms with Gasteiger partial charge in [0.05, 0.1) is 5.52 Å². The highest BCUT2D eigenvalue weighted by Crippen LogP contribution is 2.21. The molecule has 0 aliphatic heterocycles. The van der Waals surface area contributed by atoms with Crippen molar-refractivity contribution in [1.82, 2.24) is 10.3 Å². The predicted octanol–water partition coefficient (Wildman–Crippen LogP) is 3.67. The molecule has 0 spiro atoms. The number of hydrogen-bond donors (Lipinski definition) is 1. The summed E-state index contributed by atoms with van der Waals surface area (Å²) in [4.78, 5) is 4.30. The molecule has 2 aromatic rings. The smallest absolute Gasteiger partial charge is 0.313 e. The average Bonchev–Trinajstić information content (AvgIpc) is 2.37. The summed E-state index contributed by atoms with van der Waals surface area (Å²) in [7, 11) is 0. The van der Waals surface area contributed by atoms with Crippen LogP contribution < -0.4 is 5.32 Å². The van der Waals surface area contributed by atoms with Crippen molar-refractivity contribution in [3.05, 3.63) is 42.1 Å². The zero-order valence-corrected chi connectivity index (χ0v) is 10.4. The van der Waals surface area contributed by atoms with Crippen LogP contribution in [-0.2, 0) is 6.54 Å². The average molecular weight is 268 g/mol. The minimum absolute atomic E-state index is 0.0989. The van der Waals surface area contributed by atoms with Gasteiger partial charge in [-0.15, -0.1) is 0 Å². The molecule has 102 valence electrons. The van der Waals surface area contributed by atoms with Crippen LogP contribution in [0.3, 0.4) is 0 Å². The lowest BCUT2D eigenvalue weighted by molar-refractivity contribution is -0.135. The van der Waals surface area contributed by atoms with E-state index in [9.17, 15) is 13.2 Å². The molecule has 0 bridgehead atoms. The second-order valence-electron chi connectivity index (χ2n) is 4.39. The van der Waals surface area contributed by atoms with E-state index in [1.165, 1.54) is 0 Å². The topological polar surface area (TPSA) is 24.9 Å². The Morgan fingerprint density at radius 2 is 1.89 bits per heavy atom. The molecule has 0 radical (unpaired) electrons. The summed E-state index contributed by atoms with van der Waals surface area (Å²) in [5.74, 6) is 0. The largest absolute Gasteiger partial charge is 0.389 e. The minimum Gasteiger partial charge on any atom is -0.313 e. The van der Waals surface area contributed by atoms with Crippen LogP contribution >= 0.6 is 0 Å². The third-order valence-electron chi connectivity index (χ3n) is 2.85. The van der Waals surface area contributed by atoms with Crippen molar-refractivity contribution in [1.29, 1.82) is 0 Å². The summed E-state index contributed by atoms with van der Waals surface area (Å²) < 4.78 is 35.9. The fourth-order valence-corrected chi connectivity index (χ4v) is 1.95. The Morgan fingerprint density at radius 1 is 1.11 bits per heavy atom. The van der Waals surface area contributed by atoms with Gasteiger partial charge in [0.2, 0.25) is 0 Å². The molecule has 1 aromatic heterocycles. The minimum atomic E-state index is -4.07. The van der Waals surface area contributed by atoms with Crippen molar-refractivity contribution >= 4 is 10.9 Å². The summed E-state index contributed by atoms with van der Waals surface area (Å²) in [5.41, 5.74) is 1.90. The van der Waals surface area contributed by atoms with Crippen LogP contribution in [0.2, 0.25) is 0 Å². The van der Waals surface area contributed by atoms with E-state index in [2.05, 4.69) is 10.3 Å². The summed E-state index contributed by atoms with van der Waals surface area (Å²) in [6, 6.07) is 9.66. The lowest BCUT2D eigenvalue weighted by atomic mass is 10.1. The van der Waals surface area contributed by atoms with E-state index in [-0.39, 0.29) is 6.42 Å². The first-order chi connectivity index (χ1) is 9.06. The van der Waals surface area contributed by atoms with Crippen molar-refractivity contribution in [2.75, 3.05) is 6.54 Å². The number of alkyl halides is 3. The normalized spacial score (nSPS) is 11.9. The number of benzene rings is 1. The molecule has 1 aromatic carbocycles. The lowest BCUT2D eigenvalue weighted by Gasteiger charge is -2.08. The van der Waals surface area contributed by atoms with Gasteiger partial charge in [-0.25, -0.2) is 0 Å². The van der Waals surface area contributed by atoms with E-state index in [1.54, 1.807) is 6.20 Å². The first-order valence-electron chi connectivity index (χ1n) is 6.16. The molecular formula is C14H15F3N2. The van der Waals surface area contributed by atoms with Gasteiger partial charge in [0.15, 0.2) is 0 Å². The number of halogens is 3. The van der Waals surface area contributed by atoms with E-state index >= 15 is 0 Å². The van der Waals surface area contributed by atoms with Crippen LogP contribution in [0.1, 0.15) is 18.4 Å². The van der Waals surface area contributed by atoms with Gasteiger partial charge in [-0.3, -0.25) is 4.98 Å². The number of fused-ring (bicyclic) bond motifs is 1. The van der Waals surface area contributed by atoms with Crippen LogP contribution in [-0.4, -0.2) is 17.7 Å². The summed E-state index contributed by atoms with van der Waals surface area (Å²) >= 11 is 0. The lowest BCUT2D eigenvalue weighted by Crippen LogP contribution is -2.18. The third kappa shape index (κ3) is 4.21. The molecule has 0 saturated carbocycles. The van der Waals surface area contributed by atoms with Gasteiger partial charge in [-0.2, -0.15) is 13.2 Å². The molecule has 1 heterocycles. The standard InChI is InChI=1S/C14H15F3N2/c15-14(16,17)7-3-8-18-10-12-5-1-4-11-6-2-9-19-13(11)12/h1-2,4-6,9,18H,3,7-8,10H2. The highest BCUT2D eigenvalue weighted by Gasteiger charge is 2.25. The quantitative estimate of drug-likeness (QED) is 0.837. The van der Waals surface area contributed by atoms with Crippen molar-refractivity contribution in [3.63, 3.8) is 0 Å². The van der Waals surface area contributed by atoms with Crippen molar-refractivity contribution < 1.29 is 13.2 Å². The maximum Gasteiger partial charge on any atom is 0.389 e. The van der Waals surface area contributed by atoms with E-state index in [0.29, 0.717) is 13.1 Å². The molecule has 2 nitrogen and oxygen atoms in total. The van der Waals surface area contributed by atoms with Crippen LogP contribution in [0.5, 0.6) is 0 Å². The maximum atomic E-state index is 12.0. The van der Waals surface area contributed by atoms with Crippen LogP contribution in [0.25, 0.3) is 10.9 Å². The highest BCUT2D eigenvalue weighted by molar-refractivity contribution is 5.81. The fourth-order valence-electron chi connectivity index (χ4n) is 1.95. The van der Waals surface area contributed by atoms with Gasteiger partial charge in [0.25, 0.3) is 0 Å². The number of para-hydroxylation sites is 1. The molecule has 0 saturated heterocycles. The number of hydrogen-bond acceptors (Lipinski definition) is 2.